The summed E-state index contributed by atoms with van der Waals surface area (Å²) in [6.45, 7) is 3.77. The highest BCUT2D eigenvalue weighted by molar-refractivity contribution is 5.85. The molecule has 2 saturated heterocycles. The lowest BCUT2D eigenvalue weighted by Gasteiger charge is -2.26. The van der Waals surface area contributed by atoms with Crippen LogP contribution in [-0.4, -0.2) is 32.6 Å². The Balaban J connectivity index is 0.000000720. The molecule has 4 heteroatoms. The molecule has 0 saturated carbocycles. The van der Waals surface area contributed by atoms with E-state index in [0.29, 0.717) is 5.92 Å². The molecule has 0 amide bonds. The lowest BCUT2D eigenvalue weighted by atomic mass is 9.99. The van der Waals surface area contributed by atoms with Crippen LogP contribution in [0.4, 0.5) is 0 Å². The van der Waals surface area contributed by atoms with Crippen LogP contribution in [0.2, 0.25) is 0 Å². The molecule has 1 atom stereocenters. The van der Waals surface area contributed by atoms with E-state index in [1.807, 2.05) is 0 Å². The fourth-order valence-electron chi connectivity index (χ4n) is 1.76. The minimum absolute atomic E-state index is 0. The first-order valence-corrected chi connectivity index (χ1v) is 4.41. The van der Waals surface area contributed by atoms with Crippen LogP contribution in [0.3, 0.4) is 0 Å². The highest BCUT2D eigenvalue weighted by Gasteiger charge is 2.27. The molecule has 1 N–H and O–H groups in total. The van der Waals surface area contributed by atoms with Gasteiger partial charge in [0.1, 0.15) is 0 Å². The lowest BCUT2D eigenvalue weighted by molar-refractivity contribution is -0.0881. The minimum atomic E-state index is 0. The smallest absolute Gasteiger partial charge is 0.161 e. The average Bonchev–Trinajstić information content (AvgIpc) is 2.58. The average molecular weight is 194 g/mol. The van der Waals surface area contributed by atoms with E-state index in [9.17, 15) is 0 Å². The molecule has 2 aliphatic heterocycles. The zero-order chi connectivity index (χ0) is 7.52. The molecule has 2 heterocycles. The van der Waals surface area contributed by atoms with Gasteiger partial charge in [-0.05, 0) is 19.4 Å². The second-order valence-corrected chi connectivity index (χ2v) is 3.22. The van der Waals surface area contributed by atoms with E-state index in [2.05, 4.69) is 5.32 Å². The number of rotatable bonds is 1. The van der Waals surface area contributed by atoms with Crippen molar-refractivity contribution in [3.63, 3.8) is 0 Å². The SMILES string of the molecule is C1CNCC(C2OCCO2)C1.Cl. The summed E-state index contributed by atoms with van der Waals surface area (Å²) in [5.41, 5.74) is 0. The third kappa shape index (κ3) is 2.33. The highest BCUT2D eigenvalue weighted by Crippen LogP contribution is 2.20. The normalized spacial score (nSPS) is 31.5. The van der Waals surface area contributed by atoms with E-state index in [-0.39, 0.29) is 18.7 Å². The molecular formula is C8H16ClNO2. The summed E-state index contributed by atoms with van der Waals surface area (Å²) in [5.74, 6) is 0.589. The van der Waals surface area contributed by atoms with Crippen molar-refractivity contribution < 1.29 is 9.47 Å². The van der Waals surface area contributed by atoms with Crippen molar-refractivity contribution in [2.45, 2.75) is 19.1 Å². The van der Waals surface area contributed by atoms with Gasteiger partial charge in [-0.1, -0.05) is 0 Å². The van der Waals surface area contributed by atoms with Gasteiger partial charge in [-0.3, -0.25) is 0 Å². The molecule has 2 aliphatic rings. The summed E-state index contributed by atoms with van der Waals surface area (Å²) in [4.78, 5) is 0. The highest BCUT2D eigenvalue weighted by atomic mass is 35.5. The van der Waals surface area contributed by atoms with Gasteiger partial charge in [0.05, 0.1) is 13.2 Å². The van der Waals surface area contributed by atoms with Gasteiger partial charge >= 0.3 is 0 Å². The first kappa shape index (κ1) is 10.3. The number of halogens is 1. The maximum atomic E-state index is 5.43. The number of nitrogens with one attached hydrogen (secondary N) is 1. The van der Waals surface area contributed by atoms with Crippen molar-refractivity contribution in [2.24, 2.45) is 5.92 Å². The van der Waals surface area contributed by atoms with Gasteiger partial charge in [0.15, 0.2) is 6.29 Å². The zero-order valence-electron chi connectivity index (χ0n) is 7.12. The van der Waals surface area contributed by atoms with Crippen LogP contribution < -0.4 is 5.32 Å². The summed E-state index contributed by atoms with van der Waals surface area (Å²) in [6.07, 6.45) is 2.59. The van der Waals surface area contributed by atoms with Crippen molar-refractivity contribution in [1.29, 1.82) is 0 Å². The predicted molar refractivity (Wildman–Crippen MR) is 48.5 cm³/mol. The Kier molecular flexibility index (Phi) is 4.29. The molecule has 0 bridgehead atoms. The number of hydrogen-bond donors (Lipinski definition) is 1. The molecular weight excluding hydrogens is 178 g/mol. The lowest BCUT2D eigenvalue weighted by Crippen LogP contribution is -2.37. The standard InChI is InChI=1S/C8H15NO2.ClH/c1-2-7(6-9-3-1)8-10-4-5-11-8;/h7-9H,1-6H2;1H. The van der Waals surface area contributed by atoms with Crippen molar-refractivity contribution in [1.82, 2.24) is 5.32 Å². The van der Waals surface area contributed by atoms with E-state index in [1.54, 1.807) is 0 Å². The summed E-state index contributed by atoms with van der Waals surface area (Å²) in [7, 11) is 0. The molecule has 12 heavy (non-hydrogen) atoms. The maximum absolute atomic E-state index is 5.43. The predicted octanol–water partition coefficient (Wildman–Crippen LogP) is 0.781. The molecule has 72 valence electrons. The first-order valence-electron chi connectivity index (χ1n) is 4.41. The van der Waals surface area contributed by atoms with Gasteiger partial charge in [0.25, 0.3) is 0 Å². The number of ether oxygens (including phenoxy) is 2. The summed E-state index contributed by atoms with van der Waals surface area (Å²) in [5, 5.41) is 3.35. The number of hydrogen-bond acceptors (Lipinski definition) is 3. The Morgan fingerprint density at radius 1 is 1.17 bits per heavy atom. The van der Waals surface area contributed by atoms with Crippen molar-refractivity contribution >= 4 is 12.4 Å². The Bertz CT molecular complexity index is 122. The molecule has 2 fully saturated rings. The Labute approximate surface area is 79.2 Å². The van der Waals surface area contributed by atoms with E-state index >= 15 is 0 Å². The van der Waals surface area contributed by atoms with Crippen LogP contribution in [0.25, 0.3) is 0 Å². The van der Waals surface area contributed by atoms with Crippen molar-refractivity contribution in [2.75, 3.05) is 26.3 Å². The minimum Gasteiger partial charge on any atom is -0.350 e. The van der Waals surface area contributed by atoms with Crippen molar-refractivity contribution in [3.05, 3.63) is 0 Å². The fraction of sp³-hybridized carbons (Fsp3) is 1.00. The molecule has 0 aliphatic carbocycles. The number of piperidine rings is 1. The van der Waals surface area contributed by atoms with Crippen LogP contribution in [0, 0.1) is 5.92 Å². The van der Waals surface area contributed by atoms with Gasteiger partial charge in [-0.2, -0.15) is 0 Å². The Hall–Kier alpha value is 0.170. The van der Waals surface area contributed by atoms with E-state index in [1.165, 1.54) is 12.8 Å². The molecule has 2 rings (SSSR count). The van der Waals surface area contributed by atoms with Gasteiger partial charge in [-0.25, -0.2) is 0 Å². The first-order chi connectivity index (χ1) is 5.47. The van der Waals surface area contributed by atoms with Crippen LogP contribution in [0.1, 0.15) is 12.8 Å². The third-order valence-corrected chi connectivity index (χ3v) is 2.37. The van der Waals surface area contributed by atoms with E-state index < -0.39 is 0 Å². The zero-order valence-corrected chi connectivity index (χ0v) is 7.94. The molecule has 1 unspecified atom stereocenters. The van der Waals surface area contributed by atoms with Crippen LogP contribution >= 0.6 is 12.4 Å². The molecule has 0 spiro atoms. The second kappa shape index (κ2) is 5.02. The van der Waals surface area contributed by atoms with Crippen LogP contribution in [0.15, 0.2) is 0 Å². The Morgan fingerprint density at radius 3 is 2.50 bits per heavy atom. The maximum Gasteiger partial charge on any atom is 0.161 e. The summed E-state index contributed by atoms with van der Waals surface area (Å²) >= 11 is 0. The van der Waals surface area contributed by atoms with E-state index in [4.69, 9.17) is 9.47 Å². The van der Waals surface area contributed by atoms with Gasteiger partial charge in [-0.15, -0.1) is 12.4 Å². The monoisotopic (exact) mass is 193 g/mol. The van der Waals surface area contributed by atoms with Crippen molar-refractivity contribution in [3.8, 4) is 0 Å². The summed E-state index contributed by atoms with van der Waals surface area (Å²) in [6, 6.07) is 0. The van der Waals surface area contributed by atoms with Gasteiger partial charge in [0, 0.05) is 12.5 Å². The largest absolute Gasteiger partial charge is 0.350 e. The molecule has 3 nitrogen and oxygen atoms in total. The fourth-order valence-corrected chi connectivity index (χ4v) is 1.76. The third-order valence-electron chi connectivity index (χ3n) is 2.37. The molecule has 0 aromatic carbocycles. The molecule has 0 aromatic rings. The molecule has 0 radical (unpaired) electrons. The Morgan fingerprint density at radius 2 is 1.92 bits per heavy atom. The van der Waals surface area contributed by atoms with Crippen LogP contribution in [0.5, 0.6) is 0 Å². The summed E-state index contributed by atoms with van der Waals surface area (Å²) < 4.78 is 10.9. The quantitative estimate of drug-likeness (QED) is 0.668. The topological polar surface area (TPSA) is 30.5 Å². The molecule has 0 aromatic heterocycles. The van der Waals surface area contributed by atoms with Gasteiger partial charge in [0.2, 0.25) is 0 Å². The second-order valence-electron chi connectivity index (χ2n) is 3.22. The van der Waals surface area contributed by atoms with Gasteiger partial charge < -0.3 is 14.8 Å². The van der Waals surface area contributed by atoms with E-state index in [0.717, 1.165) is 26.3 Å². The van der Waals surface area contributed by atoms with Crippen LogP contribution in [-0.2, 0) is 9.47 Å².